The molecular formula is C13H17N3O4S. The van der Waals surface area contributed by atoms with Crippen LogP contribution in [0, 0.1) is 6.92 Å². The van der Waals surface area contributed by atoms with Gasteiger partial charge < -0.3 is 10.2 Å². The highest BCUT2D eigenvalue weighted by Gasteiger charge is 2.22. The summed E-state index contributed by atoms with van der Waals surface area (Å²) in [6, 6.07) is 4.21. The number of nitrogens with zero attached hydrogens (tertiary/aromatic N) is 1. The first-order valence-corrected chi connectivity index (χ1v) is 8.03. The number of nitrogens with one attached hydrogen (secondary N) is 1. The average Bonchev–Trinajstić information content (AvgIpc) is 2.76. The van der Waals surface area contributed by atoms with E-state index in [1.54, 1.807) is 6.92 Å². The number of nitrogens with two attached hydrogens (primary N) is 1. The van der Waals surface area contributed by atoms with Crippen LogP contribution in [-0.2, 0) is 19.6 Å². The Labute approximate surface area is 123 Å². The number of hydrogen-bond acceptors (Lipinski definition) is 4. The minimum absolute atomic E-state index is 0.00674. The Morgan fingerprint density at radius 1 is 1.43 bits per heavy atom. The predicted octanol–water partition coefficient (Wildman–Crippen LogP) is 0.203. The molecule has 1 saturated heterocycles. The Hall–Kier alpha value is -1.93. The number of likely N-dealkylation sites (tertiary alicyclic amines) is 1. The quantitative estimate of drug-likeness (QED) is 0.828. The maximum absolute atomic E-state index is 11.9. The Balaban J connectivity index is 2.06. The van der Waals surface area contributed by atoms with Crippen LogP contribution in [0.15, 0.2) is 23.1 Å². The second-order valence-corrected chi connectivity index (χ2v) is 6.55. The van der Waals surface area contributed by atoms with E-state index in [-0.39, 0.29) is 23.3 Å². The summed E-state index contributed by atoms with van der Waals surface area (Å²) in [5, 5.41) is 7.71. The number of primary sulfonamides is 1. The van der Waals surface area contributed by atoms with Gasteiger partial charge in [0.05, 0.1) is 11.4 Å². The largest absolute Gasteiger partial charge is 0.333 e. The molecule has 21 heavy (non-hydrogen) atoms. The van der Waals surface area contributed by atoms with Crippen molar-refractivity contribution < 1.29 is 18.0 Å². The summed E-state index contributed by atoms with van der Waals surface area (Å²) in [6.07, 6.45) is 1.25. The fourth-order valence-corrected chi connectivity index (χ4v) is 2.79. The molecule has 1 aliphatic heterocycles. The van der Waals surface area contributed by atoms with Crippen LogP contribution < -0.4 is 10.5 Å². The highest BCUT2D eigenvalue weighted by atomic mass is 32.2. The van der Waals surface area contributed by atoms with Crippen molar-refractivity contribution >= 4 is 27.5 Å². The zero-order valence-corrected chi connectivity index (χ0v) is 12.4. The van der Waals surface area contributed by atoms with Crippen LogP contribution >= 0.6 is 0 Å². The van der Waals surface area contributed by atoms with Gasteiger partial charge in [0, 0.05) is 18.7 Å². The van der Waals surface area contributed by atoms with Gasteiger partial charge in [-0.05, 0) is 37.1 Å². The van der Waals surface area contributed by atoms with Crippen molar-refractivity contribution in [3.05, 3.63) is 23.8 Å². The number of benzene rings is 1. The SMILES string of the molecule is Cc1cc(S(N)(=O)=O)ccc1NC(=O)CN1CCCC1=O. The summed E-state index contributed by atoms with van der Waals surface area (Å²) in [5.74, 6) is -0.330. The maximum Gasteiger partial charge on any atom is 0.244 e. The highest BCUT2D eigenvalue weighted by molar-refractivity contribution is 7.89. The topological polar surface area (TPSA) is 110 Å². The van der Waals surface area contributed by atoms with Crippen molar-refractivity contribution in [3.8, 4) is 0 Å². The van der Waals surface area contributed by atoms with Gasteiger partial charge in [-0.2, -0.15) is 0 Å². The van der Waals surface area contributed by atoms with Crippen molar-refractivity contribution in [3.63, 3.8) is 0 Å². The van der Waals surface area contributed by atoms with E-state index in [0.29, 0.717) is 24.2 Å². The van der Waals surface area contributed by atoms with Crippen LogP contribution in [0.2, 0.25) is 0 Å². The van der Waals surface area contributed by atoms with Crippen molar-refractivity contribution in [1.29, 1.82) is 0 Å². The normalized spacial score (nSPS) is 15.3. The average molecular weight is 311 g/mol. The van der Waals surface area contributed by atoms with Crippen LogP contribution in [0.3, 0.4) is 0 Å². The van der Waals surface area contributed by atoms with E-state index in [2.05, 4.69) is 5.32 Å². The molecule has 7 nitrogen and oxygen atoms in total. The van der Waals surface area contributed by atoms with Crippen LogP contribution in [0.25, 0.3) is 0 Å². The van der Waals surface area contributed by atoms with E-state index < -0.39 is 10.0 Å². The number of carbonyl (C=O) groups excluding carboxylic acids is 2. The predicted molar refractivity (Wildman–Crippen MR) is 77.0 cm³/mol. The third-order valence-corrected chi connectivity index (χ3v) is 4.22. The van der Waals surface area contributed by atoms with Gasteiger partial charge in [0.2, 0.25) is 21.8 Å². The molecular weight excluding hydrogens is 294 g/mol. The molecule has 114 valence electrons. The van der Waals surface area contributed by atoms with Crippen LogP contribution in [0.4, 0.5) is 5.69 Å². The number of aryl methyl sites for hydroxylation is 1. The van der Waals surface area contributed by atoms with Gasteiger partial charge in [-0.15, -0.1) is 0 Å². The molecule has 1 aromatic rings. The molecule has 1 aliphatic rings. The number of hydrogen-bond donors (Lipinski definition) is 2. The summed E-state index contributed by atoms with van der Waals surface area (Å²) >= 11 is 0. The minimum Gasteiger partial charge on any atom is -0.333 e. The molecule has 0 spiro atoms. The Bertz CT molecular complexity index is 685. The summed E-state index contributed by atoms with van der Waals surface area (Å²) in [7, 11) is -3.76. The summed E-state index contributed by atoms with van der Waals surface area (Å²) in [5.41, 5.74) is 1.08. The van der Waals surface area contributed by atoms with Crippen LogP contribution in [0.5, 0.6) is 0 Å². The first-order valence-electron chi connectivity index (χ1n) is 6.48. The molecule has 3 N–H and O–H groups in total. The summed E-state index contributed by atoms with van der Waals surface area (Å²) in [6.45, 7) is 2.27. The zero-order valence-electron chi connectivity index (χ0n) is 11.6. The van der Waals surface area contributed by atoms with Crippen molar-refractivity contribution in [2.45, 2.75) is 24.7 Å². The first kappa shape index (κ1) is 15.5. The first-order chi connectivity index (χ1) is 9.77. The highest BCUT2D eigenvalue weighted by Crippen LogP contribution is 2.19. The molecule has 1 heterocycles. The standard InChI is InChI=1S/C13H17N3O4S/c1-9-7-10(21(14,19)20)4-5-11(9)15-12(17)8-16-6-2-3-13(16)18/h4-5,7H,2-3,6,8H2,1H3,(H,15,17)(H2,14,19,20). The fraction of sp³-hybridized carbons (Fsp3) is 0.385. The van der Waals surface area contributed by atoms with Crippen molar-refractivity contribution in [2.75, 3.05) is 18.4 Å². The van der Waals surface area contributed by atoms with E-state index >= 15 is 0 Å². The molecule has 0 unspecified atom stereocenters. The number of rotatable bonds is 4. The van der Waals surface area contributed by atoms with E-state index in [1.807, 2.05) is 0 Å². The lowest BCUT2D eigenvalue weighted by molar-refractivity contribution is -0.131. The molecule has 0 atom stereocenters. The Morgan fingerprint density at radius 3 is 2.67 bits per heavy atom. The summed E-state index contributed by atoms with van der Waals surface area (Å²) in [4.78, 5) is 24.8. The number of amides is 2. The molecule has 2 amide bonds. The second kappa shape index (κ2) is 5.82. The third kappa shape index (κ3) is 3.79. The minimum atomic E-state index is -3.76. The Morgan fingerprint density at radius 2 is 2.14 bits per heavy atom. The smallest absolute Gasteiger partial charge is 0.244 e. The molecule has 8 heteroatoms. The van der Waals surface area contributed by atoms with Gasteiger partial charge in [0.25, 0.3) is 0 Å². The number of anilines is 1. The molecule has 0 radical (unpaired) electrons. The second-order valence-electron chi connectivity index (χ2n) is 4.99. The van der Waals surface area contributed by atoms with E-state index in [4.69, 9.17) is 5.14 Å². The van der Waals surface area contributed by atoms with E-state index in [0.717, 1.165) is 6.42 Å². The molecule has 0 saturated carbocycles. The van der Waals surface area contributed by atoms with Gasteiger partial charge in [0.15, 0.2) is 0 Å². The maximum atomic E-state index is 11.9. The monoisotopic (exact) mass is 311 g/mol. The third-order valence-electron chi connectivity index (χ3n) is 3.31. The Kier molecular flexibility index (Phi) is 4.29. The van der Waals surface area contributed by atoms with E-state index in [1.165, 1.54) is 23.1 Å². The van der Waals surface area contributed by atoms with Crippen molar-refractivity contribution in [1.82, 2.24) is 4.90 Å². The number of sulfonamides is 1. The van der Waals surface area contributed by atoms with Gasteiger partial charge in [-0.25, -0.2) is 13.6 Å². The lowest BCUT2D eigenvalue weighted by Crippen LogP contribution is -2.34. The number of carbonyl (C=O) groups is 2. The van der Waals surface area contributed by atoms with Gasteiger partial charge in [-0.1, -0.05) is 0 Å². The summed E-state index contributed by atoms with van der Waals surface area (Å²) < 4.78 is 22.5. The molecule has 0 bridgehead atoms. The van der Waals surface area contributed by atoms with E-state index in [9.17, 15) is 18.0 Å². The van der Waals surface area contributed by atoms with Gasteiger partial charge >= 0.3 is 0 Å². The lowest BCUT2D eigenvalue weighted by atomic mass is 10.2. The van der Waals surface area contributed by atoms with Crippen molar-refractivity contribution in [2.24, 2.45) is 5.14 Å². The van der Waals surface area contributed by atoms with Gasteiger partial charge in [0.1, 0.15) is 0 Å². The molecule has 2 rings (SSSR count). The van der Waals surface area contributed by atoms with Crippen LogP contribution in [0.1, 0.15) is 18.4 Å². The fourth-order valence-electron chi connectivity index (χ4n) is 2.19. The van der Waals surface area contributed by atoms with Gasteiger partial charge in [-0.3, -0.25) is 9.59 Å². The lowest BCUT2D eigenvalue weighted by Gasteiger charge is -2.16. The van der Waals surface area contributed by atoms with Crippen LogP contribution in [-0.4, -0.2) is 38.2 Å². The molecule has 1 fully saturated rings. The molecule has 0 aliphatic carbocycles. The molecule has 0 aromatic heterocycles. The molecule has 1 aromatic carbocycles. The zero-order chi connectivity index (χ0) is 15.6.